The summed E-state index contributed by atoms with van der Waals surface area (Å²) in [5, 5.41) is 2.16. The van der Waals surface area contributed by atoms with Gasteiger partial charge in [0, 0.05) is 5.92 Å². The van der Waals surface area contributed by atoms with Crippen LogP contribution in [0.1, 0.15) is 6.42 Å². The fraction of sp³-hybridized carbons (Fsp3) is 0.375. The van der Waals surface area contributed by atoms with Gasteiger partial charge in [0.1, 0.15) is 11.5 Å². The largest absolute Gasteiger partial charge is 0.497 e. The van der Waals surface area contributed by atoms with Gasteiger partial charge >= 0.3 is 0 Å². The van der Waals surface area contributed by atoms with E-state index in [9.17, 15) is 8.42 Å². The maximum atomic E-state index is 11.4. The average molecular weight is 306 g/mol. The summed E-state index contributed by atoms with van der Waals surface area (Å²) in [4.78, 5) is 0. The summed E-state index contributed by atoms with van der Waals surface area (Å²) in [6, 6.07) is 11.8. The van der Waals surface area contributed by atoms with E-state index in [0.29, 0.717) is 13.0 Å². The van der Waals surface area contributed by atoms with Crippen molar-refractivity contribution >= 4 is 20.6 Å². The molecule has 0 aliphatic carbocycles. The van der Waals surface area contributed by atoms with Crippen molar-refractivity contribution < 1.29 is 17.9 Å². The van der Waals surface area contributed by atoms with Gasteiger partial charge in [-0.2, -0.15) is 0 Å². The zero-order valence-electron chi connectivity index (χ0n) is 11.9. The molecule has 0 saturated carbocycles. The van der Waals surface area contributed by atoms with Gasteiger partial charge in [-0.3, -0.25) is 0 Å². The van der Waals surface area contributed by atoms with Gasteiger partial charge in [0.25, 0.3) is 0 Å². The molecule has 0 radical (unpaired) electrons. The van der Waals surface area contributed by atoms with E-state index in [-0.39, 0.29) is 17.4 Å². The minimum absolute atomic E-state index is 0.107. The van der Waals surface area contributed by atoms with E-state index < -0.39 is 9.84 Å². The molecular formula is C16H18O4S. The van der Waals surface area contributed by atoms with Crippen molar-refractivity contribution in [3.05, 3.63) is 36.4 Å². The maximum Gasteiger partial charge on any atom is 0.150 e. The van der Waals surface area contributed by atoms with Gasteiger partial charge in [-0.05, 0) is 41.5 Å². The van der Waals surface area contributed by atoms with E-state index in [4.69, 9.17) is 9.47 Å². The molecule has 1 saturated heterocycles. The lowest BCUT2D eigenvalue weighted by Gasteiger charge is -2.11. The zero-order chi connectivity index (χ0) is 14.9. The molecule has 1 atom stereocenters. The van der Waals surface area contributed by atoms with Crippen molar-refractivity contribution in [2.24, 2.45) is 5.92 Å². The van der Waals surface area contributed by atoms with Crippen molar-refractivity contribution in [1.82, 2.24) is 0 Å². The Labute approximate surface area is 124 Å². The van der Waals surface area contributed by atoms with Crippen molar-refractivity contribution in [3.63, 3.8) is 0 Å². The first-order valence-electron chi connectivity index (χ1n) is 6.97. The molecule has 0 amide bonds. The fourth-order valence-corrected chi connectivity index (χ4v) is 4.48. The molecule has 5 heteroatoms. The monoisotopic (exact) mass is 306 g/mol. The quantitative estimate of drug-likeness (QED) is 0.871. The summed E-state index contributed by atoms with van der Waals surface area (Å²) in [5.74, 6) is 2.21. The lowest BCUT2D eigenvalue weighted by Crippen LogP contribution is -2.13. The van der Waals surface area contributed by atoms with Gasteiger partial charge in [0.2, 0.25) is 0 Å². The molecule has 0 N–H and O–H groups in total. The molecule has 0 aromatic heterocycles. The van der Waals surface area contributed by atoms with E-state index in [2.05, 4.69) is 0 Å². The van der Waals surface area contributed by atoms with Crippen LogP contribution in [0.3, 0.4) is 0 Å². The maximum absolute atomic E-state index is 11.4. The number of hydrogen-bond acceptors (Lipinski definition) is 4. The number of methoxy groups -OCH3 is 1. The Balaban J connectivity index is 1.72. The van der Waals surface area contributed by atoms with E-state index >= 15 is 0 Å². The summed E-state index contributed by atoms with van der Waals surface area (Å²) >= 11 is 0. The summed E-state index contributed by atoms with van der Waals surface area (Å²) in [7, 11) is -1.20. The average Bonchev–Trinajstić information content (AvgIpc) is 2.83. The van der Waals surface area contributed by atoms with Crippen LogP contribution in [-0.2, 0) is 9.84 Å². The third-order valence-corrected chi connectivity index (χ3v) is 5.67. The van der Waals surface area contributed by atoms with Crippen LogP contribution in [0.4, 0.5) is 0 Å². The number of rotatable bonds is 4. The topological polar surface area (TPSA) is 52.6 Å². The van der Waals surface area contributed by atoms with Gasteiger partial charge in [-0.25, -0.2) is 8.42 Å². The van der Waals surface area contributed by atoms with Crippen molar-refractivity contribution in [1.29, 1.82) is 0 Å². The van der Waals surface area contributed by atoms with Gasteiger partial charge < -0.3 is 9.47 Å². The predicted octanol–water partition coefficient (Wildman–Crippen LogP) is 2.66. The molecule has 1 fully saturated rings. The Kier molecular flexibility index (Phi) is 3.76. The fourth-order valence-electron chi connectivity index (χ4n) is 2.64. The second-order valence-electron chi connectivity index (χ2n) is 5.45. The molecule has 4 nitrogen and oxygen atoms in total. The van der Waals surface area contributed by atoms with Crippen molar-refractivity contribution in [2.75, 3.05) is 25.2 Å². The molecular weight excluding hydrogens is 288 g/mol. The lowest BCUT2D eigenvalue weighted by molar-refractivity contribution is 0.263. The van der Waals surface area contributed by atoms with Gasteiger partial charge in [0.05, 0.1) is 25.2 Å². The van der Waals surface area contributed by atoms with Gasteiger partial charge in [-0.15, -0.1) is 0 Å². The molecule has 1 aliphatic rings. The van der Waals surface area contributed by atoms with Gasteiger partial charge in [-0.1, -0.05) is 12.1 Å². The standard InChI is InChI=1S/C16H18O4S/c1-19-15-4-2-13-3-5-16(9-14(13)8-15)20-10-12-6-7-21(17,18)11-12/h2-5,8-9,12H,6-7,10-11H2,1H3. The number of fused-ring (bicyclic) bond motifs is 1. The van der Waals surface area contributed by atoms with Crippen LogP contribution in [-0.4, -0.2) is 33.6 Å². The normalized spacial score (nSPS) is 20.5. The Hall–Kier alpha value is -1.75. The minimum Gasteiger partial charge on any atom is -0.497 e. The molecule has 112 valence electrons. The molecule has 1 unspecified atom stereocenters. The Morgan fingerprint density at radius 1 is 1.10 bits per heavy atom. The Bertz CT molecular complexity index is 752. The highest BCUT2D eigenvalue weighted by molar-refractivity contribution is 7.91. The van der Waals surface area contributed by atoms with Crippen LogP contribution in [0.5, 0.6) is 11.5 Å². The molecule has 1 heterocycles. The third kappa shape index (κ3) is 3.29. The SMILES string of the molecule is COc1ccc2ccc(OCC3CCS(=O)(=O)C3)cc2c1. The number of hydrogen-bond donors (Lipinski definition) is 0. The van der Waals surface area contributed by atoms with Crippen LogP contribution in [0.15, 0.2) is 36.4 Å². The molecule has 21 heavy (non-hydrogen) atoms. The van der Waals surface area contributed by atoms with Gasteiger partial charge in [0.15, 0.2) is 9.84 Å². The second kappa shape index (κ2) is 5.56. The summed E-state index contributed by atoms with van der Waals surface area (Å²) in [5.41, 5.74) is 0. The van der Waals surface area contributed by atoms with E-state index in [1.165, 1.54) is 0 Å². The first kappa shape index (κ1) is 14.2. The van der Waals surface area contributed by atoms with Crippen LogP contribution in [0.2, 0.25) is 0 Å². The molecule has 0 bridgehead atoms. The summed E-state index contributed by atoms with van der Waals surface area (Å²) < 4.78 is 33.8. The number of benzene rings is 2. The Morgan fingerprint density at radius 3 is 2.48 bits per heavy atom. The molecule has 2 aromatic rings. The highest BCUT2D eigenvalue weighted by Gasteiger charge is 2.28. The summed E-state index contributed by atoms with van der Waals surface area (Å²) in [6.07, 6.45) is 0.698. The van der Waals surface area contributed by atoms with E-state index in [1.807, 2.05) is 36.4 Å². The van der Waals surface area contributed by atoms with Crippen LogP contribution >= 0.6 is 0 Å². The van der Waals surface area contributed by atoms with Crippen LogP contribution < -0.4 is 9.47 Å². The first-order valence-corrected chi connectivity index (χ1v) is 8.79. The summed E-state index contributed by atoms with van der Waals surface area (Å²) in [6.45, 7) is 0.453. The van der Waals surface area contributed by atoms with E-state index in [1.54, 1.807) is 7.11 Å². The smallest absolute Gasteiger partial charge is 0.150 e. The molecule has 3 rings (SSSR count). The molecule has 0 spiro atoms. The van der Waals surface area contributed by atoms with E-state index in [0.717, 1.165) is 22.3 Å². The second-order valence-corrected chi connectivity index (χ2v) is 7.68. The number of ether oxygens (including phenoxy) is 2. The number of sulfone groups is 1. The predicted molar refractivity (Wildman–Crippen MR) is 82.8 cm³/mol. The van der Waals surface area contributed by atoms with Crippen molar-refractivity contribution in [2.45, 2.75) is 6.42 Å². The third-order valence-electron chi connectivity index (χ3n) is 3.83. The zero-order valence-corrected chi connectivity index (χ0v) is 12.7. The Morgan fingerprint density at radius 2 is 1.81 bits per heavy atom. The molecule has 1 aliphatic heterocycles. The highest BCUT2D eigenvalue weighted by Crippen LogP contribution is 2.26. The first-order chi connectivity index (χ1) is 10.1. The highest BCUT2D eigenvalue weighted by atomic mass is 32.2. The van der Waals surface area contributed by atoms with Crippen LogP contribution in [0, 0.1) is 5.92 Å². The minimum atomic E-state index is -2.84. The van der Waals surface area contributed by atoms with Crippen LogP contribution in [0.25, 0.3) is 10.8 Å². The van der Waals surface area contributed by atoms with Crippen molar-refractivity contribution in [3.8, 4) is 11.5 Å². The molecule has 2 aromatic carbocycles. The lowest BCUT2D eigenvalue weighted by atomic mass is 10.1.